The van der Waals surface area contributed by atoms with Crippen molar-refractivity contribution in [1.82, 2.24) is 0 Å². The van der Waals surface area contributed by atoms with Crippen LogP contribution in [-0.2, 0) is 19.1 Å². The molecule has 0 aromatic rings. The first-order valence-electron chi connectivity index (χ1n) is 5.89. The molecule has 0 radical (unpaired) electrons. The van der Waals surface area contributed by atoms with Crippen LogP contribution in [0.3, 0.4) is 0 Å². The first-order valence-corrected chi connectivity index (χ1v) is 5.89. The van der Waals surface area contributed by atoms with Crippen molar-refractivity contribution in [2.75, 3.05) is 0 Å². The molecule has 1 fully saturated rings. The van der Waals surface area contributed by atoms with Crippen molar-refractivity contribution in [3.8, 4) is 0 Å². The molecule has 1 unspecified atom stereocenters. The predicted molar refractivity (Wildman–Crippen MR) is 58.5 cm³/mol. The molecule has 16 heavy (non-hydrogen) atoms. The molecule has 0 amide bonds. The summed E-state index contributed by atoms with van der Waals surface area (Å²) >= 11 is 0. The van der Waals surface area contributed by atoms with Crippen LogP contribution in [0.2, 0.25) is 0 Å². The Labute approximate surface area is 96.3 Å². The molecule has 92 valence electrons. The number of hydrogen-bond acceptors (Lipinski definition) is 4. The molecule has 1 atom stereocenters. The third-order valence-electron chi connectivity index (χ3n) is 2.97. The third-order valence-corrected chi connectivity index (χ3v) is 2.97. The zero-order chi connectivity index (χ0) is 12.2. The van der Waals surface area contributed by atoms with Crippen molar-refractivity contribution in [2.45, 2.75) is 58.7 Å². The summed E-state index contributed by atoms with van der Waals surface area (Å²) in [7, 11) is 0. The topological polar surface area (TPSA) is 52.6 Å². The molecule has 0 spiro atoms. The smallest absolute Gasteiger partial charge is 0.305 e. The van der Waals surface area contributed by atoms with Gasteiger partial charge in [0.05, 0.1) is 0 Å². The molecule has 4 nitrogen and oxygen atoms in total. The second kappa shape index (κ2) is 5.32. The lowest BCUT2D eigenvalue weighted by molar-refractivity contribution is -0.239. The fraction of sp³-hybridized carbons (Fsp3) is 0.833. The molecule has 0 bridgehead atoms. The van der Waals surface area contributed by atoms with Gasteiger partial charge >= 0.3 is 11.9 Å². The minimum Gasteiger partial charge on any atom is -0.422 e. The highest BCUT2D eigenvalue weighted by atomic mass is 16.7. The van der Waals surface area contributed by atoms with E-state index in [0.717, 1.165) is 25.7 Å². The van der Waals surface area contributed by atoms with Crippen molar-refractivity contribution in [2.24, 2.45) is 5.92 Å². The second-order valence-corrected chi connectivity index (χ2v) is 4.38. The lowest BCUT2D eigenvalue weighted by Gasteiger charge is -2.33. The number of rotatable bonds is 4. The van der Waals surface area contributed by atoms with Gasteiger partial charge in [0, 0.05) is 26.2 Å². The van der Waals surface area contributed by atoms with Crippen LogP contribution in [0.15, 0.2) is 0 Å². The highest BCUT2D eigenvalue weighted by Crippen LogP contribution is 2.42. The molecule has 1 aliphatic rings. The zero-order valence-electron chi connectivity index (χ0n) is 10.2. The summed E-state index contributed by atoms with van der Waals surface area (Å²) in [6, 6.07) is 0. The van der Waals surface area contributed by atoms with E-state index in [9.17, 15) is 9.59 Å². The number of carbonyl (C=O) groups is 2. The number of hydrogen-bond donors (Lipinski definition) is 0. The Hall–Kier alpha value is -1.06. The molecule has 4 heteroatoms. The lowest BCUT2D eigenvalue weighted by Crippen LogP contribution is -2.42. The maximum absolute atomic E-state index is 11.1. The van der Waals surface area contributed by atoms with E-state index in [1.807, 2.05) is 0 Å². The minimum absolute atomic E-state index is 0.144. The summed E-state index contributed by atoms with van der Waals surface area (Å²) in [6.45, 7) is 4.78. The molecule has 0 aromatic carbocycles. The van der Waals surface area contributed by atoms with Crippen LogP contribution in [0.25, 0.3) is 0 Å². The van der Waals surface area contributed by atoms with Crippen LogP contribution >= 0.6 is 0 Å². The van der Waals surface area contributed by atoms with E-state index < -0.39 is 5.79 Å². The van der Waals surface area contributed by atoms with Gasteiger partial charge in [-0.25, -0.2) is 0 Å². The Kier molecular flexibility index (Phi) is 4.33. The molecule has 0 heterocycles. The van der Waals surface area contributed by atoms with Crippen molar-refractivity contribution in [1.29, 1.82) is 0 Å². The predicted octanol–water partition coefficient (Wildman–Crippen LogP) is 2.41. The Morgan fingerprint density at radius 3 is 2.25 bits per heavy atom. The van der Waals surface area contributed by atoms with Crippen molar-refractivity contribution < 1.29 is 19.1 Å². The summed E-state index contributed by atoms with van der Waals surface area (Å²) in [5.41, 5.74) is 0. The van der Waals surface area contributed by atoms with Gasteiger partial charge in [-0.1, -0.05) is 13.3 Å². The molecule has 0 saturated heterocycles. The molecule has 0 aliphatic heterocycles. The standard InChI is InChI=1S/C12H20O4/c1-4-6-11-7-5-8-12(11,15-9(2)13)16-10(3)14/h11H,4-8H2,1-3H3. The van der Waals surface area contributed by atoms with E-state index in [2.05, 4.69) is 6.92 Å². The summed E-state index contributed by atoms with van der Waals surface area (Å²) in [6.07, 6.45) is 4.42. The fourth-order valence-electron chi connectivity index (χ4n) is 2.51. The number of esters is 2. The Balaban J connectivity index is 2.82. The Bertz CT molecular complexity index is 256. The van der Waals surface area contributed by atoms with Gasteiger partial charge in [0.2, 0.25) is 0 Å². The first kappa shape index (κ1) is 13.0. The van der Waals surface area contributed by atoms with Crippen molar-refractivity contribution in [3.05, 3.63) is 0 Å². The van der Waals surface area contributed by atoms with Crippen LogP contribution in [0, 0.1) is 5.92 Å². The number of carbonyl (C=O) groups excluding carboxylic acids is 2. The lowest BCUT2D eigenvalue weighted by atomic mass is 9.96. The van der Waals surface area contributed by atoms with Gasteiger partial charge in [0.25, 0.3) is 5.79 Å². The minimum atomic E-state index is -0.992. The maximum atomic E-state index is 11.1. The van der Waals surface area contributed by atoms with Gasteiger partial charge in [-0.05, 0) is 19.3 Å². The summed E-state index contributed by atoms with van der Waals surface area (Å²) < 4.78 is 10.6. The highest BCUT2D eigenvalue weighted by molar-refractivity contribution is 5.69. The van der Waals surface area contributed by atoms with Crippen molar-refractivity contribution in [3.63, 3.8) is 0 Å². The quantitative estimate of drug-likeness (QED) is 0.547. The maximum Gasteiger partial charge on any atom is 0.305 e. The normalized spacial score (nSPS) is 22.8. The van der Waals surface area contributed by atoms with E-state index in [1.54, 1.807) is 0 Å². The molecule has 1 saturated carbocycles. The molecule has 1 aliphatic carbocycles. The average Bonchev–Trinajstić information content (AvgIpc) is 2.47. The van der Waals surface area contributed by atoms with E-state index in [-0.39, 0.29) is 17.9 Å². The van der Waals surface area contributed by atoms with Gasteiger partial charge in [-0.3, -0.25) is 9.59 Å². The molecular weight excluding hydrogens is 208 g/mol. The Morgan fingerprint density at radius 1 is 1.25 bits per heavy atom. The summed E-state index contributed by atoms with van der Waals surface area (Å²) in [4.78, 5) is 22.2. The zero-order valence-corrected chi connectivity index (χ0v) is 10.2. The van der Waals surface area contributed by atoms with E-state index in [4.69, 9.17) is 9.47 Å². The summed E-state index contributed by atoms with van der Waals surface area (Å²) in [5.74, 6) is -1.62. The van der Waals surface area contributed by atoms with Crippen LogP contribution in [0.4, 0.5) is 0 Å². The van der Waals surface area contributed by atoms with Gasteiger partial charge in [0.1, 0.15) is 0 Å². The van der Waals surface area contributed by atoms with E-state index in [1.165, 1.54) is 13.8 Å². The Morgan fingerprint density at radius 2 is 1.81 bits per heavy atom. The summed E-state index contributed by atoms with van der Waals surface area (Å²) in [5, 5.41) is 0. The number of ether oxygens (including phenoxy) is 2. The van der Waals surface area contributed by atoms with Crippen LogP contribution in [0.5, 0.6) is 0 Å². The molecular formula is C12H20O4. The average molecular weight is 228 g/mol. The van der Waals surface area contributed by atoms with Gasteiger partial charge < -0.3 is 9.47 Å². The van der Waals surface area contributed by atoms with E-state index >= 15 is 0 Å². The molecule has 1 rings (SSSR count). The van der Waals surface area contributed by atoms with Gasteiger partial charge in [-0.2, -0.15) is 0 Å². The van der Waals surface area contributed by atoms with Crippen LogP contribution in [0.1, 0.15) is 52.9 Å². The SMILES string of the molecule is CCCC1CCCC1(OC(C)=O)OC(C)=O. The highest BCUT2D eigenvalue weighted by Gasteiger charge is 2.48. The van der Waals surface area contributed by atoms with E-state index in [0.29, 0.717) is 6.42 Å². The monoisotopic (exact) mass is 228 g/mol. The van der Waals surface area contributed by atoms with Crippen LogP contribution in [-0.4, -0.2) is 17.7 Å². The molecule has 0 aromatic heterocycles. The molecule has 0 N–H and O–H groups in total. The van der Waals surface area contributed by atoms with Gasteiger partial charge in [0.15, 0.2) is 0 Å². The van der Waals surface area contributed by atoms with Gasteiger partial charge in [-0.15, -0.1) is 0 Å². The fourth-order valence-corrected chi connectivity index (χ4v) is 2.51. The van der Waals surface area contributed by atoms with Crippen LogP contribution < -0.4 is 0 Å². The first-order chi connectivity index (χ1) is 7.50. The third kappa shape index (κ3) is 2.97. The van der Waals surface area contributed by atoms with Crippen molar-refractivity contribution >= 4 is 11.9 Å². The largest absolute Gasteiger partial charge is 0.422 e. The second-order valence-electron chi connectivity index (χ2n) is 4.38.